The highest BCUT2D eigenvalue weighted by Crippen LogP contribution is 2.38. The van der Waals surface area contributed by atoms with Gasteiger partial charge in [-0.15, -0.1) is 11.3 Å². The van der Waals surface area contributed by atoms with Gasteiger partial charge in [-0.05, 0) is 43.2 Å². The van der Waals surface area contributed by atoms with Crippen molar-refractivity contribution in [3.05, 3.63) is 40.1 Å². The Morgan fingerprint density at radius 3 is 2.96 bits per heavy atom. The molecule has 0 aliphatic heterocycles. The maximum absolute atomic E-state index is 12.6. The van der Waals surface area contributed by atoms with Crippen molar-refractivity contribution in [2.75, 3.05) is 7.11 Å². The molecule has 2 aromatic heterocycles. The van der Waals surface area contributed by atoms with Crippen LogP contribution in [-0.4, -0.2) is 34.2 Å². The number of carbonyl (C=O) groups excluding carboxylic acids is 1. The minimum Gasteiger partial charge on any atom is -0.495 e. The van der Waals surface area contributed by atoms with Gasteiger partial charge >= 0.3 is 0 Å². The number of pyridine rings is 1. The van der Waals surface area contributed by atoms with Gasteiger partial charge in [0.1, 0.15) is 11.4 Å². The third-order valence-electron chi connectivity index (χ3n) is 4.49. The van der Waals surface area contributed by atoms with Crippen LogP contribution in [0.3, 0.4) is 0 Å². The summed E-state index contributed by atoms with van der Waals surface area (Å²) in [6.07, 6.45) is 6.30. The number of nitrogens with zero attached hydrogens (tertiary/aromatic N) is 2. The van der Waals surface area contributed by atoms with E-state index in [1.807, 2.05) is 6.07 Å². The molecule has 0 radical (unpaired) electrons. The van der Waals surface area contributed by atoms with Gasteiger partial charge in [-0.2, -0.15) is 0 Å². The number of aryl methyl sites for hydroxylation is 1. The van der Waals surface area contributed by atoms with E-state index < -0.39 is 0 Å². The minimum atomic E-state index is -0.293. The summed E-state index contributed by atoms with van der Waals surface area (Å²) in [5, 5.41) is 15.5. The van der Waals surface area contributed by atoms with Crippen LogP contribution in [0.15, 0.2) is 23.8 Å². The number of amides is 1. The molecule has 134 valence electrons. The van der Waals surface area contributed by atoms with Crippen molar-refractivity contribution < 1.29 is 14.6 Å². The Hall–Kier alpha value is -1.99. The van der Waals surface area contributed by atoms with Crippen molar-refractivity contribution in [2.24, 2.45) is 5.92 Å². The van der Waals surface area contributed by atoms with Gasteiger partial charge in [0.15, 0.2) is 0 Å². The molecular weight excluding hydrogens is 338 g/mol. The number of aromatic nitrogens is 2. The van der Waals surface area contributed by atoms with E-state index >= 15 is 0 Å². The summed E-state index contributed by atoms with van der Waals surface area (Å²) < 4.78 is 5.24. The molecule has 2 N–H and O–H groups in total. The molecule has 1 amide bonds. The number of ether oxygens (including phenoxy) is 1. The van der Waals surface area contributed by atoms with Gasteiger partial charge in [0.25, 0.3) is 5.91 Å². The number of nitrogens with one attached hydrogen (secondary N) is 1. The third-order valence-corrected chi connectivity index (χ3v) is 5.39. The topological polar surface area (TPSA) is 84.3 Å². The van der Waals surface area contributed by atoms with E-state index in [4.69, 9.17) is 4.74 Å². The van der Waals surface area contributed by atoms with Gasteiger partial charge in [0.05, 0.1) is 30.5 Å². The standard InChI is InChI=1S/C18H23N3O3S/c1-3-4-16-20-15(10-25-16)18(23)21-17(11-5-13(22)6-11)12-7-14(24-2)9-19-8-12/h7-11,13,17,22H,3-6H2,1-2H3,(H,21,23)/t11?,13?,17-/m0/s1. The van der Waals surface area contributed by atoms with Crippen molar-refractivity contribution in [3.63, 3.8) is 0 Å². The lowest BCUT2D eigenvalue weighted by Crippen LogP contribution is -2.41. The molecule has 2 aromatic rings. The highest BCUT2D eigenvalue weighted by atomic mass is 32.1. The maximum atomic E-state index is 12.6. The molecular formula is C18H23N3O3S. The molecule has 1 fully saturated rings. The summed E-state index contributed by atoms with van der Waals surface area (Å²) >= 11 is 1.52. The van der Waals surface area contributed by atoms with Gasteiger partial charge in [-0.25, -0.2) is 4.98 Å². The highest BCUT2D eigenvalue weighted by Gasteiger charge is 2.36. The van der Waals surface area contributed by atoms with Crippen LogP contribution in [0.4, 0.5) is 0 Å². The van der Waals surface area contributed by atoms with Crippen LogP contribution in [0, 0.1) is 5.92 Å². The average molecular weight is 361 g/mol. The number of hydrogen-bond acceptors (Lipinski definition) is 6. The Kier molecular flexibility index (Phi) is 5.65. The molecule has 7 heteroatoms. The number of carbonyl (C=O) groups is 1. The number of aliphatic hydroxyl groups excluding tert-OH is 1. The van der Waals surface area contributed by atoms with Crippen molar-refractivity contribution in [1.82, 2.24) is 15.3 Å². The van der Waals surface area contributed by atoms with Gasteiger partial charge < -0.3 is 15.2 Å². The van der Waals surface area contributed by atoms with Gasteiger partial charge in [-0.1, -0.05) is 6.92 Å². The second kappa shape index (κ2) is 7.93. The molecule has 25 heavy (non-hydrogen) atoms. The van der Waals surface area contributed by atoms with Crippen molar-refractivity contribution in [1.29, 1.82) is 0 Å². The lowest BCUT2D eigenvalue weighted by atomic mass is 9.75. The van der Waals surface area contributed by atoms with Crippen LogP contribution in [-0.2, 0) is 6.42 Å². The average Bonchev–Trinajstić information content (AvgIpc) is 3.06. The molecule has 3 rings (SSSR count). The Morgan fingerprint density at radius 1 is 1.48 bits per heavy atom. The maximum Gasteiger partial charge on any atom is 0.271 e. The number of methoxy groups -OCH3 is 1. The Labute approximate surface area is 151 Å². The first-order valence-corrected chi connectivity index (χ1v) is 9.41. The molecule has 1 aliphatic carbocycles. The SMILES string of the molecule is CCCc1nc(C(=O)N[C@H](c2cncc(OC)c2)C2CC(O)C2)cs1. The fourth-order valence-electron chi connectivity index (χ4n) is 3.05. The first kappa shape index (κ1) is 17.8. The highest BCUT2D eigenvalue weighted by molar-refractivity contribution is 7.09. The normalized spacial score (nSPS) is 20.6. The zero-order chi connectivity index (χ0) is 17.8. The number of hydrogen-bond donors (Lipinski definition) is 2. The van der Waals surface area contributed by atoms with E-state index in [1.165, 1.54) is 11.3 Å². The monoisotopic (exact) mass is 361 g/mol. The lowest BCUT2D eigenvalue weighted by Gasteiger charge is -2.38. The molecule has 1 aliphatic rings. The molecule has 0 saturated heterocycles. The zero-order valence-electron chi connectivity index (χ0n) is 14.4. The van der Waals surface area contributed by atoms with E-state index in [1.54, 1.807) is 24.9 Å². The summed E-state index contributed by atoms with van der Waals surface area (Å²) in [7, 11) is 1.59. The molecule has 2 heterocycles. The predicted molar refractivity (Wildman–Crippen MR) is 95.8 cm³/mol. The summed E-state index contributed by atoms with van der Waals surface area (Å²) in [5.74, 6) is 0.643. The van der Waals surface area contributed by atoms with E-state index in [9.17, 15) is 9.90 Å². The summed E-state index contributed by atoms with van der Waals surface area (Å²) in [6.45, 7) is 2.09. The van der Waals surface area contributed by atoms with E-state index in [0.717, 1.165) is 23.4 Å². The van der Waals surface area contributed by atoms with Crippen LogP contribution in [0.1, 0.15) is 53.3 Å². The molecule has 6 nitrogen and oxygen atoms in total. The molecule has 1 saturated carbocycles. The fourth-order valence-corrected chi connectivity index (χ4v) is 3.93. The molecule has 0 aromatic carbocycles. The van der Waals surface area contributed by atoms with E-state index in [-0.39, 0.29) is 24.0 Å². The van der Waals surface area contributed by atoms with E-state index in [2.05, 4.69) is 22.2 Å². The third kappa shape index (κ3) is 4.16. The van der Waals surface area contributed by atoms with Gasteiger partial charge in [-0.3, -0.25) is 9.78 Å². The van der Waals surface area contributed by atoms with Crippen LogP contribution >= 0.6 is 11.3 Å². The zero-order valence-corrected chi connectivity index (χ0v) is 15.3. The molecule has 0 spiro atoms. The van der Waals surface area contributed by atoms with Crippen LogP contribution in [0.2, 0.25) is 0 Å². The predicted octanol–water partition coefficient (Wildman–Crippen LogP) is 2.74. The molecule has 0 unspecified atom stereocenters. The number of thiazole rings is 1. The number of aliphatic hydroxyl groups is 1. The van der Waals surface area contributed by atoms with Gasteiger partial charge in [0.2, 0.25) is 0 Å². The summed E-state index contributed by atoms with van der Waals surface area (Å²) in [5.41, 5.74) is 1.34. The smallest absolute Gasteiger partial charge is 0.271 e. The van der Waals surface area contributed by atoms with Crippen LogP contribution in [0.5, 0.6) is 5.75 Å². The second-order valence-corrected chi connectivity index (χ2v) is 7.31. The number of rotatable bonds is 7. The second-order valence-electron chi connectivity index (χ2n) is 6.37. The Balaban J connectivity index is 1.78. The Morgan fingerprint density at radius 2 is 2.28 bits per heavy atom. The summed E-state index contributed by atoms with van der Waals surface area (Å²) in [6, 6.07) is 1.67. The van der Waals surface area contributed by atoms with Gasteiger partial charge in [0, 0.05) is 11.6 Å². The molecule has 1 atom stereocenters. The Bertz CT molecular complexity index is 728. The fraction of sp³-hybridized carbons (Fsp3) is 0.500. The molecule has 0 bridgehead atoms. The van der Waals surface area contributed by atoms with Crippen LogP contribution in [0.25, 0.3) is 0 Å². The summed E-state index contributed by atoms with van der Waals surface area (Å²) in [4.78, 5) is 21.3. The van der Waals surface area contributed by atoms with Crippen molar-refractivity contribution >= 4 is 17.2 Å². The lowest BCUT2D eigenvalue weighted by molar-refractivity contribution is 0.0234. The van der Waals surface area contributed by atoms with E-state index in [0.29, 0.717) is 24.3 Å². The first-order chi connectivity index (χ1) is 12.1. The largest absolute Gasteiger partial charge is 0.495 e. The van der Waals surface area contributed by atoms with Crippen LogP contribution < -0.4 is 10.1 Å². The minimum absolute atomic E-state index is 0.182. The van der Waals surface area contributed by atoms with Crippen molar-refractivity contribution in [3.8, 4) is 5.75 Å². The first-order valence-electron chi connectivity index (χ1n) is 8.53. The quantitative estimate of drug-likeness (QED) is 0.792. The van der Waals surface area contributed by atoms with Crippen molar-refractivity contribution in [2.45, 2.75) is 44.8 Å².